The van der Waals surface area contributed by atoms with Gasteiger partial charge in [-0.05, 0) is 30.2 Å². The van der Waals surface area contributed by atoms with Crippen LogP contribution in [0.3, 0.4) is 0 Å². The van der Waals surface area contributed by atoms with E-state index in [2.05, 4.69) is 23.0 Å². The lowest BCUT2D eigenvalue weighted by Gasteiger charge is -2.22. The van der Waals surface area contributed by atoms with E-state index in [1.807, 2.05) is 24.4 Å². The van der Waals surface area contributed by atoms with Gasteiger partial charge in [-0.2, -0.15) is 0 Å². The van der Waals surface area contributed by atoms with Crippen LogP contribution >= 0.6 is 11.8 Å². The van der Waals surface area contributed by atoms with E-state index >= 15 is 0 Å². The van der Waals surface area contributed by atoms with Crippen LogP contribution in [0.2, 0.25) is 0 Å². The van der Waals surface area contributed by atoms with Gasteiger partial charge >= 0.3 is 0 Å². The van der Waals surface area contributed by atoms with Gasteiger partial charge < -0.3 is 5.73 Å². The van der Waals surface area contributed by atoms with Gasteiger partial charge in [-0.1, -0.05) is 13.0 Å². The van der Waals surface area contributed by atoms with E-state index in [1.165, 1.54) is 10.5 Å². The molecule has 0 saturated carbocycles. The number of pyridine rings is 2. The molecule has 94 valence electrons. The Labute approximate surface area is 112 Å². The van der Waals surface area contributed by atoms with E-state index < -0.39 is 0 Å². The molecule has 2 heterocycles. The minimum Gasteiger partial charge on any atom is -0.326 e. The average molecular weight is 259 g/mol. The Bertz CT molecular complexity index is 461. The highest BCUT2D eigenvalue weighted by Crippen LogP contribution is 2.37. The van der Waals surface area contributed by atoms with Gasteiger partial charge in [0.15, 0.2) is 0 Å². The maximum Gasteiger partial charge on any atom is 0.0510 e. The third-order valence-electron chi connectivity index (χ3n) is 2.79. The number of nitrogens with zero attached hydrogens (tertiary/aromatic N) is 2. The van der Waals surface area contributed by atoms with Gasteiger partial charge in [0.2, 0.25) is 0 Å². The van der Waals surface area contributed by atoms with Gasteiger partial charge in [-0.3, -0.25) is 9.97 Å². The SMILES string of the molecule is CCC(N)C(Sc1ccncc1)c1cccnc1. The van der Waals surface area contributed by atoms with Gasteiger partial charge in [0.25, 0.3) is 0 Å². The highest BCUT2D eigenvalue weighted by Gasteiger charge is 2.19. The first-order valence-corrected chi connectivity index (χ1v) is 6.91. The maximum absolute atomic E-state index is 6.23. The third kappa shape index (κ3) is 3.31. The monoisotopic (exact) mass is 259 g/mol. The van der Waals surface area contributed by atoms with Crippen molar-refractivity contribution in [2.24, 2.45) is 5.73 Å². The summed E-state index contributed by atoms with van der Waals surface area (Å²) in [6.45, 7) is 2.11. The normalized spacial score (nSPS) is 14.1. The fraction of sp³-hybridized carbons (Fsp3) is 0.286. The summed E-state index contributed by atoms with van der Waals surface area (Å²) in [7, 11) is 0. The predicted octanol–water partition coefficient (Wildman–Crippen LogP) is 3.05. The van der Waals surface area contributed by atoms with E-state index in [1.54, 1.807) is 30.4 Å². The Kier molecular flexibility index (Phi) is 4.73. The van der Waals surface area contributed by atoms with Crippen LogP contribution in [0.5, 0.6) is 0 Å². The molecule has 2 aromatic rings. The Hall–Kier alpha value is -1.39. The van der Waals surface area contributed by atoms with E-state index in [0.29, 0.717) is 0 Å². The van der Waals surface area contributed by atoms with Crippen LogP contribution in [-0.2, 0) is 0 Å². The zero-order valence-electron chi connectivity index (χ0n) is 10.4. The van der Waals surface area contributed by atoms with Crippen LogP contribution in [0.4, 0.5) is 0 Å². The summed E-state index contributed by atoms with van der Waals surface area (Å²) in [5, 5.41) is 0.228. The van der Waals surface area contributed by atoms with Crippen LogP contribution in [0.1, 0.15) is 24.2 Å². The molecular formula is C14H17N3S. The fourth-order valence-electron chi connectivity index (χ4n) is 1.72. The minimum absolute atomic E-state index is 0.118. The van der Waals surface area contributed by atoms with Crippen molar-refractivity contribution in [3.05, 3.63) is 54.6 Å². The maximum atomic E-state index is 6.23. The zero-order chi connectivity index (χ0) is 12.8. The first-order chi connectivity index (χ1) is 8.81. The number of aromatic nitrogens is 2. The van der Waals surface area contributed by atoms with Gasteiger partial charge in [0.1, 0.15) is 0 Å². The number of nitrogens with two attached hydrogens (primary N) is 1. The Morgan fingerprint density at radius 1 is 1.17 bits per heavy atom. The molecule has 0 spiro atoms. The van der Waals surface area contributed by atoms with E-state index in [9.17, 15) is 0 Å². The smallest absolute Gasteiger partial charge is 0.0510 e. The van der Waals surface area contributed by atoms with Crippen molar-refractivity contribution in [3.63, 3.8) is 0 Å². The summed E-state index contributed by atoms with van der Waals surface area (Å²) in [6.07, 6.45) is 8.24. The summed E-state index contributed by atoms with van der Waals surface area (Å²) in [4.78, 5) is 9.40. The number of rotatable bonds is 5. The number of hydrogen-bond donors (Lipinski definition) is 1. The van der Waals surface area contributed by atoms with Crippen molar-refractivity contribution >= 4 is 11.8 Å². The molecule has 4 heteroatoms. The summed E-state index contributed by atoms with van der Waals surface area (Å²) in [5.41, 5.74) is 7.41. The molecule has 3 nitrogen and oxygen atoms in total. The van der Waals surface area contributed by atoms with Crippen molar-refractivity contribution in [3.8, 4) is 0 Å². The van der Waals surface area contributed by atoms with Crippen molar-refractivity contribution in [1.82, 2.24) is 9.97 Å². The van der Waals surface area contributed by atoms with E-state index in [4.69, 9.17) is 5.73 Å². The lowest BCUT2D eigenvalue weighted by Crippen LogP contribution is -2.25. The predicted molar refractivity (Wildman–Crippen MR) is 75.3 cm³/mol. The average Bonchev–Trinajstić information content (AvgIpc) is 2.46. The van der Waals surface area contributed by atoms with Crippen LogP contribution in [0.25, 0.3) is 0 Å². The van der Waals surface area contributed by atoms with Crippen LogP contribution in [0.15, 0.2) is 53.9 Å². The minimum atomic E-state index is 0.118. The van der Waals surface area contributed by atoms with Gasteiger partial charge in [0.05, 0.1) is 5.25 Å². The summed E-state index contributed by atoms with van der Waals surface area (Å²) < 4.78 is 0. The van der Waals surface area contributed by atoms with Gasteiger partial charge in [0, 0.05) is 35.7 Å². The van der Waals surface area contributed by atoms with Gasteiger partial charge in [-0.25, -0.2) is 0 Å². The lowest BCUT2D eigenvalue weighted by atomic mass is 10.1. The molecule has 0 aliphatic carbocycles. The fourth-order valence-corrected chi connectivity index (χ4v) is 2.94. The van der Waals surface area contributed by atoms with Crippen LogP contribution in [0, 0.1) is 0 Å². The molecular weight excluding hydrogens is 242 g/mol. The number of hydrogen-bond acceptors (Lipinski definition) is 4. The van der Waals surface area contributed by atoms with Gasteiger partial charge in [-0.15, -0.1) is 11.8 Å². The zero-order valence-corrected chi connectivity index (χ0v) is 11.2. The molecule has 2 unspecified atom stereocenters. The second kappa shape index (κ2) is 6.52. The molecule has 2 rings (SSSR count). The quantitative estimate of drug-likeness (QED) is 0.838. The molecule has 0 aliphatic heterocycles. The van der Waals surface area contributed by atoms with E-state index in [0.717, 1.165) is 6.42 Å². The summed E-state index contributed by atoms with van der Waals surface area (Å²) in [6, 6.07) is 8.18. The molecule has 2 aromatic heterocycles. The van der Waals surface area contributed by atoms with Crippen molar-refractivity contribution in [1.29, 1.82) is 0 Å². The number of thioether (sulfide) groups is 1. The summed E-state index contributed by atoms with van der Waals surface area (Å²) in [5.74, 6) is 0. The molecule has 0 radical (unpaired) electrons. The molecule has 0 saturated heterocycles. The topological polar surface area (TPSA) is 51.8 Å². The molecule has 2 atom stereocenters. The van der Waals surface area contributed by atoms with Crippen LogP contribution in [-0.4, -0.2) is 16.0 Å². The Morgan fingerprint density at radius 2 is 1.94 bits per heavy atom. The van der Waals surface area contributed by atoms with E-state index in [-0.39, 0.29) is 11.3 Å². The highest BCUT2D eigenvalue weighted by molar-refractivity contribution is 7.99. The molecule has 0 aliphatic rings. The molecule has 0 fully saturated rings. The lowest BCUT2D eigenvalue weighted by molar-refractivity contribution is 0.633. The standard InChI is InChI=1S/C14H17N3S/c1-2-13(15)14(11-4-3-7-17-10-11)18-12-5-8-16-9-6-12/h3-10,13-14H,2,15H2,1H3. The third-order valence-corrected chi connectivity index (χ3v) is 4.21. The second-order valence-electron chi connectivity index (χ2n) is 4.08. The first kappa shape index (κ1) is 13.1. The molecule has 0 aromatic carbocycles. The molecule has 0 amide bonds. The highest BCUT2D eigenvalue weighted by atomic mass is 32.2. The summed E-state index contributed by atoms with van der Waals surface area (Å²) >= 11 is 1.77. The molecule has 2 N–H and O–H groups in total. The van der Waals surface area contributed by atoms with Crippen molar-refractivity contribution in [2.75, 3.05) is 0 Å². The molecule has 18 heavy (non-hydrogen) atoms. The van der Waals surface area contributed by atoms with Crippen molar-refractivity contribution < 1.29 is 0 Å². The van der Waals surface area contributed by atoms with Crippen molar-refractivity contribution in [2.45, 2.75) is 29.5 Å². The molecule has 0 bridgehead atoms. The Morgan fingerprint density at radius 3 is 2.56 bits per heavy atom. The Balaban J connectivity index is 2.21. The first-order valence-electron chi connectivity index (χ1n) is 6.03. The second-order valence-corrected chi connectivity index (χ2v) is 5.29. The van der Waals surface area contributed by atoms with Crippen LogP contribution < -0.4 is 5.73 Å². The largest absolute Gasteiger partial charge is 0.326 e.